The second kappa shape index (κ2) is 9.43. The topological polar surface area (TPSA) is 46.5 Å². The van der Waals surface area contributed by atoms with Gasteiger partial charge in [0.05, 0.1) is 7.11 Å². The second-order valence-corrected chi connectivity index (χ2v) is 5.55. The van der Waals surface area contributed by atoms with E-state index in [4.69, 9.17) is 4.74 Å². The predicted octanol–water partition coefficient (Wildman–Crippen LogP) is 4.18. The van der Waals surface area contributed by atoms with Gasteiger partial charge in [-0.15, -0.1) is 0 Å². The molecule has 0 unspecified atom stereocenters. The first-order valence-electron chi connectivity index (χ1n) is 8.02. The summed E-state index contributed by atoms with van der Waals surface area (Å²) in [5.74, 6) is 0.270. The quantitative estimate of drug-likeness (QED) is 0.694. The molecule has 3 nitrogen and oxygen atoms in total. The maximum absolute atomic E-state index is 11.3. The lowest BCUT2D eigenvalue weighted by Crippen LogP contribution is -2.03. The van der Waals surface area contributed by atoms with Crippen LogP contribution in [0.3, 0.4) is 0 Å². The summed E-state index contributed by atoms with van der Waals surface area (Å²) in [5, 5.41) is 10.4. The summed E-state index contributed by atoms with van der Waals surface area (Å²) in [7, 11) is 1.42. The maximum atomic E-state index is 11.3. The van der Waals surface area contributed by atoms with Crippen molar-refractivity contribution in [2.75, 3.05) is 7.11 Å². The van der Waals surface area contributed by atoms with Crippen molar-refractivity contribution in [1.82, 2.24) is 0 Å². The van der Waals surface area contributed by atoms with Gasteiger partial charge in [0.15, 0.2) is 0 Å². The molecule has 0 aromatic heterocycles. The van der Waals surface area contributed by atoms with Crippen LogP contribution in [0.5, 0.6) is 5.75 Å². The number of unbranched alkanes of at least 4 members (excludes halogenated alkanes) is 2. The molecule has 1 aromatic carbocycles. The van der Waals surface area contributed by atoms with Crippen LogP contribution in [0.15, 0.2) is 12.1 Å². The standard InChI is InChI=1S/C18H28O3/c1-4-6-8-15-12-14(10-11-17(19)21-3)13-16(18(15)20)9-7-5-2/h12-13,20H,4-11H2,1-3H3. The van der Waals surface area contributed by atoms with Crippen LogP contribution < -0.4 is 0 Å². The summed E-state index contributed by atoms with van der Waals surface area (Å²) < 4.78 is 4.70. The number of hydrogen-bond acceptors (Lipinski definition) is 3. The Morgan fingerprint density at radius 3 is 2.00 bits per heavy atom. The Labute approximate surface area is 128 Å². The summed E-state index contributed by atoms with van der Waals surface area (Å²) in [6.45, 7) is 4.30. The van der Waals surface area contributed by atoms with E-state index < -0.39 is 0 Å². The maximum Gasteiger partial charge on any atom is 0.305 e. The van der Waals surface area contributed by atoms with Crippen LogP contribution in [0.4, 0.5) is 0 Å². The van der Waals surface area contributed by atoms with Gasteiger partial charge in [0.2, 0.25) is 0 Å². The SMILES string of the molecule is CCCCc1cc(CCC(=O)OC)cc(CCCC)c1O. The van der Waals surface area contributed by atoms with Crippen LogP contribution in [0, 0.1) is 0 Å². The number of ether oxygens (including phenoxy) is 1. The number of carbonyl (C=O) groups excluding carboxylic acids is 1. The van der Waals surface area contributed by atoms with Gasteiger partial charge in [-0.05, 0) is 48.8 Å². The Balaban J connectivity index is 2.92. The van der Waals surface area contributed by atoms with Gasteiger partial charge in [-0.2, -0.15) is 0 Å². The second-order valence-electron chi connectivity index (χ2n) is 5.55. The summed E-state index contributed by atoms with van der Waals surface area (Å²) >= 11 is 0. The summed E-state index contributed by atoms with van der Waals surface area (Å²) in [6.07, 6.45) is 7.21. The first-order chi connectivity index (χ1) is 10.1. The van der Waals surface area contributed by atoms with Gasteiger partial charge < -0.3 is 9.84 Å². The Kier molecular flexibility index (Phi) is 7.88. The third kappa shape index (κ3) is 5.78. The number of methoxy groups -OCH3 is 1. The lowest BCUT2D eigenvalue weighted by Gasteiger charge is -2.13. The molecule has 0 bridgehead atoms. The van der Waals surface area contributed by atoms with E-state index in [-0.39, 0.29) is 5.97 Å². The highest BCUT2D eigenvalue weighted by Gasteiger charge is 2.11. The van der Waals surface area contributed by atoms with Gasteiger partial charge in [0, 0.05) is 6.42 Å². The van der Waals surface area contributed by atoms with E-state index in [0.717, 1.165) is 55.2 Å². The van der Waals surface area contributed by atoms with Gasteiger partial charge in [-0.25, -0.2) is 0 Å². The van der Waals surface area contributed by atoms with Crippen molar-refractivity contribution < 1.29 is 14.6 Å². The Bertz CT molecular complexity index is 423. The molecule has 1 rings (SSSR count). The Morgan fingerprint density at radius 1 is 1.05 bits per heavy atom. The molecule has 0 radical (unpaired) electrons. The molecule has 0 aliphatic carbocycles. The van der Waals surface area contributed by atoms with Crippen LogP contribution >= 0.6 is 0 Å². The van der Waals surface area contributed by atoms with E-state index in [9.17, 15) is 9.90 Å². The highest BCUT2D eigenvalue weighted by molar-refractivity contribution is 5.69. The highest BCUT2D eigenvalue weighted by Crippen LogP contribution is 2.28. The number of esters is 1. The number of aromatic hydroxyl groups is 1. The molecule has 0 aliphatic heterocycles. The molecule has 0 aliphatic rings. The third-order valence-electron chi connectivity index (χ3n) is 3.77. The smallest absolute Gasteiger partial charge is 0.305 e. The molecule has 0 spiro atoms. The van der Waals surface area contributed by atoms with Crippen molar-refractivity contribution in [2.45, 2.75) is 65.2 Å². The van der Waals surface area contributed by atoms with Gasteiger partial charge in [0.1, 0.15) is 5.75 Å². The van der Waals surface area contributed by atoms with E-state index in [1.807, 2.05) is 12.1 Å². The highest BCUT2D eigenvalue weighted by atomic mass is 16.5. The van der Waals surface area contributed by atoms with Crippen LogP contribution in [-0.2, 0) is 28.8 Å². The van der Waals surface area contributed by atoms with Crippen LogP contribution in [-0.4, -0.2) is 18.2 Å². The molecule has 21 heavy (non-hydrogen) atoms. The van der Waals surface area contributed by atoms with Crippen molar-refractivity contribution in [3.63, 3.8) is 0 Å². The molecule has 1 N–H and O–H groups in total. The molecule has 0 fully saturated rings. The van der Waals surface area contributed by atoms with Crippen LogP contribution in [0.2, 0.25) is 0 Å². The Hall–Kier alpha value is -1.51. The van der Waals surface area contributed by atoms with Gasteiger partial charge in [0.25, 0.3) is 0 Å². The summed E-state index contributed by atoms with van der Waals surface area (Å²) in [5.41, 5.74) is 3.16. The molecule has 0 amide bonds. The summed E-state index contributed by atoms with van der Waals surface area (Å²) in [6, 6.07) is 4.09. The first kappa shape index (κ1) is 17.5. The fourth-order valence-electron chi connectivity index (χ4n) is 2.44. The molecule has 118 valence electrons. The number of hydrogen-bond donors (Lipinski definition) is 1. The van der Waals surface area contributed by atoms with Crippen molar-refractivity contribution in [2.24, 2.45) is 0 Å². The van der Waals surface area contributed by atoms with Crippen molar-refractivity contribution in [3.05, 3.63) is 28.8 Å². The number of phenols is 1. The van der Waals surface area contributed by atoms with Gasteiger partial charge in [-0.3, -0.25) is 4.79 Å². The molecule has 1 aromatic rings. The van der Waals surface area contributed by atoms with Crippen LogP contribution in [0.25, 0.3) is 0 Å². The lowest BCUT2D eigenvalue weighted by atomic mass is 9.95. The minimum Gasteiger partial charge on any atom is -0.507 e. The number of phenolic OH excluding ortho intramolecular Hbond substituents is 1. The van der Waals surface area contributed by atoms with Crippen molar-refractivity contribution in [1.29, 1.82) is 0 Å². The van der Waals surface area contributed by atoms with Crippen molar-refractivity contribution in [3.8, 4) is 5.75 Å². The summed E-state index contributed by atoms with van der Waals surface area (Å²) in [4.78, 5) is 11.3. The minimum atomic E-state index is -0.187. The largest absolute Gasteiger partial charge is 0.507 e. The first-order valence-corrected chi connectivity index (χ1v) is 8.02. The molecule has 0 saturated carbocycles. The van der Waals surface area contributed by atoms with E-state index in [1.54, 1.807) is 0 Å². The molecule has 3 heteroatoms. The monoisotopic (exact) mass is 292 g/mol. The molecule has 0 atom stereocenters. The predicted molar refractivity (Wildman–Crippen MR) is 85.7 cm³/mol. The zero-order valence-corrected chi connectivity index (χ0v) is 13.6. The van der Waals surface area contributed by atoms with E-state index >= 15 is 0 Å². The fourth-order valence-corrected chi connectivity index (χ4v) is 2.44. The molecule has 0 saturated heterocycles. The number of carbonyl (C=O) groups is 1. The Morgan fingerprint density at radius 2 is 1.57 bits per heavy atom. The van der Waals surface area contributed by atoms with E-state index in [2.05, 4.69) is 13.8 Å². The third-order valence-corrected chi connectivity index (χ3v) is 3.77. The fraction of sp³-hybridized carbons (Fsp3) is 0.611. The lowest BCUT2D eigenvalue weighted by molar-refractivity contribution is -0.140. The van der Waals surface area contributed by atoms with Gasteiger partial charge in [-0.1, -0.05) is 38.8 Å². The average Bonchev–Trinajstić information content (AvgIpc) is 2.50. The zero-order chi connectivity index (χ0) is 15.7. The molecular formula is C18H28O3. The number of benzene rings is 1. The van der Waals surface area contributed by atoms with Gasteiger partial charge >= 0.3 is 5.97 Å². The van der Waals surface area contributed by atoms with E-state index in [1.165, 1.54) is 7.11 Å². The zero-order valence-electron chi connectivity index (χ0n) is 13.6. The normalized spacial score (nSPS) is 10.6. The van der Waals surface area contributed by atoms with Crippen LogP contribution in [0.1, 0.15) is 62.6 Å². The molecular weight excluding hydrogens is 264 g/mol. The van der Waals surface area contributed by atoms with E-state index in [0.29, 0.717) is 18.6 Å². The average molecular weight is 292 g/mol. The number of aryl methyl sites for hydroxylation is 3. The number of rotatable bonds is 9. The minimum absolute atomic E-state index is 0.187. The van der Waals surface area contributed by atoms with Crippen molar-refractivity contribution >= 4 is 5.97 Å². The molecule has 0 heterocycles.